The van der Waals surface area contributed by atoms with Gasteiger partial charge in [0, 0.05) is 30.8 Å². The largest absolute Gasteiger partial charge is 0.494 e. The number of hydrogen-bond acceptors (Lipinski definition) is 2. The summed E-state index contributed by atoms with van der Waals surface area (Å²) < 4.78 is 10.6. The summed E-state index contributed by atoms with van der Waals surface area (Å²) in [5, 5.41) is 1.19. The number of ether oxygens (including phenoxy) is 2. The molecule has 2 aromatic rings. The summed E-state index contributed by atoms with van der Waals surface area (Å²) in [5.41, 5.74) is 1.15. The molecule has 0 unspecified atom stereocenters. The van der Waals surface area contributed by atoms with Crippen molar-refractivity contribution >= 4 is 10.9 Å². The van der Waals surface area contributed by atoms with E-state index in [1.54, 1.807) is 7.11 Å². The zero-order valence-electron chi connectivity index (χ0n) is 9.53. The Balaban J connectivity index is 1.84. The van der Waals surface area contributed by atoms with E-state index in [4.69, 9.17) is 9.47 Å². The van der Waals surface area contributed by atoms with Crippen LogP contribution in [0.15, 0.2) is 30.5 Å². The topological polar surface area (TPSA) is 34.2 Å². The minimum absolute atomic E-state index is 0.749. The molecular weight excluding hydrogens is 202 g/mol. The highest BCUT2D eigenvalue weighted by atomic mass is 16.5. The molecule has 0 aliphatic heterocycles. The number of aromatic amines is 1. The number of benzene rings is 1. The zero-order valence-corrected chi connectivity index (χ0v) is 9.53. The van der Waals surface area contributed by atoms with E-state index in [0.717, 1.165) is 37.3 Å². The molecule has 0 bridgehead atoms. The predicted molar refractivity (Wildman–Crippen MR) is 64.9 cm³/mol. The Morgan fingerprint density at radius 1 is 1.12 bits per heavy atom. The molecule has 0 fully saturated rings. The number of methoxy groups -OCH3 is 1. The maximum Gasteiger partial charge on any atom is 0.120 e. The van der Waals surface area contributed by atoms with E-state index in [-0.39, 0.29) is 0 Å². The average Bonchev–Trinajstić information content (AvgIpc) is 2.76. The van der Waals surface area contributed by atoms with E-state index in [0.29, 0.717) is 0 Å². The highest BCUT2D eigenvalue weighted by Crippen LogP contribution is 2.19. The molecule has 0 amide bonds. The molecule has 1 heterocycles. The molecule has 0 spiro atoms. The Hall–Kier alpha value is -1.48. The van der Waals surface area contributed by atoms with Crippen molar-refractivity contribution in [1.29, 1.82) is 0 Å². The van der Waals surface area contributed by atoms with E-state index in [2.05, 4.69) is 11.1 Å². The van der Waals surface area contributed by atoms with Crippen molar-refractivity contribution in [2.75, 3.05) is 20.3 Å². The lowest BCUT2D eigenvalue weighted by atomic mass is 10.2. The first-order chi connectivity index (χ1) is 7.90. The van der Waals surface area contributed by atoms with Crippen molar-refractivity contribution in [3.8, 4) is 5.75 Å². The molecule has 0 aliphatic rings. The van der Waals surface area contributed by atoms with Crippen LogP contribution < -0.4 is 4.74 Å². The van der Waals surface area contributed by atoms with Crippen molar-refractivity contribution in [2.45, 2.75) is 12.8 Å². The van der Waals surface area contributed by atoms with E-state index in [9.17, 15) is 0 Å². The van der Waals surface area contributed by atoms with Crippen LogP contribution in [-0.4, -0.2) is 25.3 Å². The standard InChI is InChI=1S/C13H17NO2/c1-15-8-2-3-9-16-12-4-5-13-11(10-12)6-7-14-13/h4-7,10,14H,2-3,8-9H2,1H3. The Labute approximate surface area is 95.4 Å². The molecule has 1 aromatic carbocycles. The molecule has 2 rings (SSSR count). The number of H-pyrrole nitrogens is 1. The van der Waals surface area contributed by atoms with E-state index >= 15 is 0 Å². The number of unbranched alkanes of at least 4 members (excludes halogenated alkanes) is 1. The van der Waals surface area contributed by atoms with E-state index in [1.165, 1.54) is 5.39 Å². The maximum atomic E-state index is 5.66. The Morgan fingerprint density at radius 3 is 2.88 bits per heavy atom. The van der Waals surface area contributed by atoms with Gasteiger partial charge < -0.3 is 14.5 Å². The number of hydrogen-bond donors (Lipinski definition) is 1. The van der Waals surface area contributed by atoms with Crippen LogP contribution in [0.25, 0.3) is 10.9 Å². The first kappa shape index (κ1) is 11.0. The quantitative estimate of drug-likeness (QED) is 0.758. The maximum absolute atomic E-state index is 5.66. The van der Waals surface area contributed by atoms with Crippen molar-refractivity contribution in [3.63, 3.8) is 0 Å². The van der Waals surface area contributed by atoms with Gasteiger partial charge in [-0.25, -0.2) is 0 Å². The first-order valence-corrected chi connectivity index (χ1v) is 5.59. The number of nitrogens with one attached hydrogen (secondary N) is 1. The van der Waals surface area contributed by atoms with Crippen LogP contribution >= 0.6 is 0 Å². The Bertz CT molecular complexity index is 436. The van der Waals surface area contributed by atoms with Crippen LogP contribution in [0, 0.1) is 0 Å². The summed E-state index contributed by atoms with van der Waals surface area (Å²) >= 11 is 0. The summed E-state index contributed by atoms with van der Waals surface area (Å²) in [4.78, 5) is 3.16. The smallest absolute Gasteiger partial charge is 0.120 e. The molecule has 1 aromatic heterocycles. The molecule has 3 heteroatoms. The number of rotatable bonds is 6. The molecule has 0 aliphatic carbocycles. The molecule has 0 saturated heterocycles. The van der Waals surface area contributed by atoms with Crippen molar-refractivity contribution < 1.29 is 9.47 Å². The second kappa shape index (κ2) is 5.56. The highest BCUT2D eigenvalue weighted by molar-refractivity contribution is 5.80. The van der Waals surface area contributed by atoms with Crippen molar-refractivity contribution in [1.82, 2.24) is 4.98 Å². The van der Waals surface area contributed by atoms with Gasteiger partial charge in [-0.2, -0.15) is 0 Å². The number of fused-ring (bicyclic) bond motifs is 1. The van der Waals surface area contributed by atoms with Gasteiger partial charge in [0.1, 0.15) is 5.75 Å². The third-order valence-electron chi connectivity index (χ3n) is 2.54. The fraction of sp³-hybridized carbons (Fsp3) is 0.385. The van der Waals surface area contributed by atoms with Gasteiger partial charge >= 0.3 is 0 Å². The summed E-state index contributed by atoms with van der Waals surface area (Å²) in [5.74, 6) is 0.935. The van der Waals surface area contributed by atoms with Crippen LogP contribution in [0.2, 0.25) is 0 Å². The van der Waals surface area contributed by atoms with Gasteiger partial charge in [0.2, 0.25) is 0 Å². The van der Waals surface area contributed by atoms with Gasteiger partial charge in [-0.3, -0.25) is 0 Å². The number of aromatic nitrogens is 1. The lowest BCUT2D eigenvalue weighted by Gasteiger charge is -2.05. The molecular formula is C13H17NO2. The molecule has 0 radical (unpaired) electrons. The summed E-state index contributed by atoms with van der Waals surface area (Å²) in [7, 11) is 1.72. The summed E-state index contributed by atoms with van der Waals surface area (Å²) in [6.07, 6.45) is 4.01. The zero-order chi connectivity index (χ0) is 11.2. The predicted octanol–water partition coefficient (Wildman–Crippen LogP) is 2.97. The normalized spacial score (nSPS) is 10.8. The van der Waals surface area contributed by atoms with Gasteiger partial charge in [-0.1, -0.05) is 0 Å². The van der Waals surface area contributed by atoms with Crippen LogP contribution in [0.4, 0.5) is 0 Å². The molecule has 3 nitrogen and oxygen atoms in total. The van der Waals surface area contributed by atoms with Gasteiger partial charge in [0.25, 0.3) is 0 Å². The molecule has 1 N–H and O–H groups in total. The lowest BCUT2D eigenvalue weighted by molar-refractivity contribution is 0.184. The van der Waals surface area contributed by atoms with Crippen LogP contribution in [0.5, 0.6) is 5.75 Å². The minimum atomic E-state index is 0.749. The Morgan fingerprint density at radius 2 is 2.00 bits per heavy atom. The fourth-order valence-corrected chi connectivity index (χ4v) is 1.66. The SMILES string of the molecule is COCCCCOc1ccc2[nH]ccc2c1. The molecule has 86 valence electrons. The molecule has 16 heavy (non-hydrogen) atoms. The van der Waals surface area contributed by atoms with Crippen LogP contribution in [0.3, 0.4) is 0 Å². The second-order valence-corrected chi connectivity index (χ2v) is 3.78. The molecule has 0 atom stereocenters. The van der Waals surface area contributed by atoms with Crippen LogP contribution in [-0.2, 0) is 4.74 Å². The second-order valence-electron chi connectivity index (χ2n) is 3.78. The summed E-state index contributed by atoms with van der Waals surface area (Å²) in [6.45, 7) is 1.56. The van der Waals surface area contributed by atoms with Crippen LogP contribution in [0.1, 0.15) is 12.8 Å². The Kier molecular flexibility index (Phi) is 3.83. The monoisotopic (exact) mass is 219 g/mol. The van der Waals surface area contributed by atoms with E-state index < -0.39 is 0 Å². The van der Waals surface area contributed by atoms with Gasteiger partial charge in [-0.15, -0.1) is 0 Å². The van der Waals surface area contributed by atoms with Gasteiger partial charge in [0.15, 0.2) is 0 Å². The third kappa shape index (κ3) is 2.76. The van der Waals surface area contributed by atoms with Crippen molar-refractivity contribution in [2.24, 2.45) is 0 Å². The van der Waals surface area contributed by atoms with E-state index in [1.807, 2.05) is 24.4 Å². The highest BCUT2D eigenvalue weighted by Gasteiger charge is 1.97. The average molecular weight is 219 g/mol. The van der Waals surface area contributed by atoms with Gasteiger partial charge in [-0.05, 0) is 37.1 Å². The van der Waals surface area contributed by atoms with Crippen molar-refractivity contribution in [3.05, 3.63) is 30.5 Å². The summed E-state index contributed by atoms with van der Waals surface area (Å²) in [6, 6.07) is 8.14. The minimum Gasteiger partial charge on any atom is -0.494 e. The van der Waals surface area contributed by atoms with Gasteiger partial charge in [0.05, 0.1) is 6.61 Å². The first-order valence-electron chi connectivity index (χ1n) is 5.59. The fourth-order valence-electron chi connectivity index (χ4n) is 1.66. The third-order valence-corrected chi connectivity index (χ3v) is 2.54. The molecule has 0 saturated carbocycles. The lowest BCUT2D eigenvalue weighted by Crippen LogP contribution is -1.99.